The number of Topliss-reactive ketones (excluding diaryl/α,β-unsaturated/α-hetero) is 1. The van der Waals surface area contributed by atoms with Gasteiger partial charge in [0.1, 0.15) is 5.69 Å². The summed E-state index contributed by atoms with van der Waals surface area (Å²) >= 11 is 0. The molecule has 6 nitrogen and oxygen atoms in total. The minimum atomic E-state index is -0.343. The second-order valence-corrected chi connectivity index (χ2v) is 7.25. The standard InChI is InChI=1S/C23H19N5O/c1-13-4-3-5-18(25-13)14(2)23(29)21-11-16-10-17-20(12-19(16)26-21)27-28-22(17)15-6-8-24-9-7-15/h3-12,14,27-28H,1-2H3/t14-/m1/s1. The van der Waals surface area contributed by atoms with Gasteiger partial charge in [-0.3, -0.25) is 19.9 Å². The van der Waals surface area contributed by atoms with Crippen molar-refractivity contribution in [1.82, 2.24) is 25.1 Å². The summed E-state index contributed by atoms with van der Waals surface area (Å²) in [5.74, 6) is -0.367. The molecule has 142 valence electrons. The minimum absolute atomic E-state index is 0.0242. The zero-order chi connectivity index (χ0) is 20.0. The molecule has 0 aliphatic heterocycles. The number of hydrogen-bond acceptors (Lipinski definition) is 4. The monoisotopic (exact) mass is 381 g/mol. The summed E-state index contributed by atoms with van der Waals surface area (Å²) in [5, 5.41) is 8.40. The SMILES string of the molecule is Cc1cccc([C@@H](C)C(=O)c2cc3cc4c(-c5ccncc5)[nH][nH]c4cc3n2)n1. The maximum Gasteiger partial charge on any atom is 0.189 e. The third-order valence-corrected chi connectivity index (χ3v) is 5.26. The van der Waals surface area contributed by atoms with Crippen molar-refractivity contribution in [2.24, 2.45) is 0 Å². The van der Waals surface area contributed by atoms with Crippen LogP contribution in [0.15, 0.2) is 60.9 Å². The Labute approximate surface area is 167 Å². The molecule has 0 radical (unpaired) electrons. The summed E-state index contributed by atoms with van der Waals surface area (Å²) < 4.78 is 0. The molecule has 29 heavy (non-hydrogen) atoms. The number of aryl methyl sites for hydroxylation is 1. The van der Waals surface area contributed by atoms with Crippen molar-refractivity contribution in [2.75, 3.05) is 0 Å². The smallest absolute Gasteiger partial charge is 0.189 e. The van der Waals surface area contributed by atoms with Gasteiger partial charge in [-0.25, -0.2) is 4.98 Å². The molecule has 4 heterocycles. The highest BCUT2D eigenvalue weighted by Gasteiger charge is 2.21. The van der Waals surface area contributed by atoms with Crippen molar-refractivity contribution in [3.05, 3.63) is 78.0 Å². The number of pyridine rings is 2. The maximum absolute atomic E-state index is 13.0. The molecule has 5 rings (SSSR count). The van der Waals surface area contributed by atoms with Crippen molar-refractivity contribution in [3.63, 3.8) is 0 Å². The van der Waals surface area contributed by atoms with Crippen molar-refractivity contribution < 1.29 is 4.79 Å². The zero-order valence-corrected chi connectivity index (χ0v) is 16.1. The lowest BCUT2D eigenvalue weighted by atomic mass is 9.99. The van der Waals surface area contributed by atoms with Crippen LogP contribution >= 0.6 is 0 Å². The van der Waals surface area contributed by atoms with E-state index in [2.05, 4.69) is 31.2 Å². The van der Waals surface area contributed by atoms with Crippen LogP contribution in [0.1, 0.15) is 34.7 Å². The molecule has 0 saturated carbocycles. The van der Waals surface area contributed by atoms with Crippen LogP contribution in [-0.2, 0) is 0 Å². The molecule has 0 aliphatic carbocycles. The summed E-state index contributed by atoms with van der Waals surface area (Å²) in [6, 6.07) is 15.6. The Kier molecular flexibility index (Phi) is 3.98. The predicted octanol–water partition coefficient (Wildman–Crippen LogP) is 4.80. The highest BCUT2D eigenvalue weighted by molar-refractivity contribution is 6.06. The molecule has 5 aromatic rings. The van der Waals surface area contributed by atoms with Crippen LogP contribution < -0.4 is 0 Å². The topological polar surface area (TPSA) is 87.3 Å². The fraction of sp³-hybridized carbons (Fsp3) is 0.130. The van der Waals surface area contributed by atoms with Crippen LogP contribution in [0.2, 0.25) is 0 Å². The molecule has 0 amide bonds. The van der Waals surface area contributed by atoms with E-state index < -0.39 is 0 Å². The van der Waals surface area contributed by atoms with Crippen LogP contribution in [0.4, 0.5) is 0 Å². The number of nitrogens with one attached hydrogen (secondary N) is 2. The average molecular weight is 381 g/mol. The number of rotatable bonds is 4. The second-order valence-electron chi connectivity index (χ2n) is 7.25. The van der Waals surface area contributed by atoms with E-state index in [9.17, 15) is 4.79 Å². The van der Waals surface area contributed by atoms with Gasteiger partial charge < -0.3 is 5.10 Å². The summed E-state index contributed by atoms with van der Waals surface area (Å²) in [7, 11) is 0. The number of hydrogen-bond donors (Lipinski definition) is 2. The first-order chi connectivity index (χ1) is 14.1. The number of aromatic amines is 2. The van der Waals surface area contributed by atoms with Gasteiger partial charge >= 0.3 is 0 Å². The van der Waals surface area contributed by atoms with Gasteiger partial charge in [0.05, 0.1) is 28.3 Å². The van der Waals surface area contributed by atoms with Gasteiger partial charge in [0, 0.05) is 34.4 Å². The van der Waals surface area contributed by atoms with Gasteiger partial charge in [-0.05, 0) is 56.3 Å². The molecule has 0 aliphatic rings. The number of aromatic nitrogens is 5. The molecule has 6 heteroatoms. The van der Waals surface area contributed by atoms with Crippen LogP contribution in [0.25, 0.3) is 33.1 Å². The van der Waals surface area contributed by atoms with Gasteiger partial charge in [-0.2, -0.15) is 0 Å². The summed E-state index contributed by atoms with van der Waals surface area (Å²) in [4.78, 5) is 26.2. The lowest BCUT2D eigenvalue weighted by molar-refractivity contribution is 0.0960. The Bertz CT molecular complexity index is 1350. The van der Waals surface area contributed by atoms with Gasteiger partial charge in [-0.1, -0.05) is 6.07 Å². The molecule has 0 saturated heterocycles. The molecule has 0 fully saturated rings. The number of carbonyl (C=O) groups excluding carboxylic acids is 1. The number of fused-ring (bicyclic) bond motifs is 2. The lowest BCUT2D eigenvalue weighted by Crippen LogP contribution is -2.11. The molecule has 0 bridgehead atoms. The van der Waals surface area contributed by atoms with Crippen LogP contribution in [0.3, 0.4) is 0 Å². The fourth-order valence-electron chi connectivity index (χ4n) is 3.67. The first kappa shape index (κ1) is 17.3. The lowest BCUT2D eigenvalue weighted by Gasteiger charge is -2.08. The highest BCUT2D eigenvalue weighted by Crippen LogP contribution is 2.30. The largest absolute Gasteiger partial charge is 0.300 e. The van der Waals surface area contributed by atoms with E-state index in [0.717, 1.165) is 44.5 Å². The quantitative estimate of drug-likeness (QED) is 0.438. The first-order valence-electron chi connectivity index (χ1n) is 9.49. The molecule has 0 unspecified atom stereocenters. The summed E-state index contributed by atoms with van der Waals surface area (Å²) in [6.45, 7) is 3.81. The van der Waals surface area contributed by atoms with Crippen molar-refractivity contribution in [3.8, 4) is 11.3 Å². The van der Waals surface area contributed by atoms with E-state index in [1.807, 2.05) is 56.3 Å². The van der Waals surface area contributed by atoms with Crippen LogP contribution in [-0.4, -0.2) is 30.9 Å². The number of H-pyrrole nitrogens is 2. The zero-order valence-electron chi connectivity index (χ0n) is 16.1. The van der Waals surface area contributed by atoms with Crippen LogP contribution in [0, 0.1) is 6.92 Å². The van der Waals surface area contributed by atoms with Crippen LogP contribution in [0.5, 0.6) is 0 Å². The van der Waals surface area contributed by atoms with Gasteiger partial charge in [0.2, 0.25) is 0 Å². The third-order valence-electron chi connectivity index (χ3n) is 5.26. The predicted molar refractivity (Wildman–Crippen MR) is 113 cm³/mol. The van der Waals surface area contributed by atoms with E-state index in [4.69, 9.17) is 0 Å². The summed E-state index contributed by atoms with van der Waals surface area (Å²) in [6.07, 6.45) is 3.53. The molecule has 0 spiro atoms. The highest BCUT2D eigenvalue weighted by atomic mass is 16.1. The molecule has 2 N–H and O–H groups in total. The Morgan fingerprint density at radius 2 is 1.83 bits per heavy atom. The Balaban J connectivity index is 1.56. The fourth-order valence-corrected chi connectivity index (χ4v) is 3.67. The Morgan fingerprint density at radius 3 is 2.62 bits per heavy atom. The second kappa shape index (κ2) is 6.67. The van der Waals surface area contributed by atoms with Gasteiger partial charge in [0.25, 0.3) is 0 Å². The normalized spacial score (nSPS) is 12.5. The Morgan fingerprint density at radius 1 is 1.00 bits per heavy atom. The number of benzene rings is 1. The van der Waals surface area contributed by atoms with Gasteiger partial charge in [0.15, 0.2) is 5.78 Å². The summed E-state index contributed by atoms with van der Waals surface area (Å²) in [5.41, 5.74) is 5.89. The Hall–Kier alpha value is -3.80. The number of nitrogens with zero attached hydrogens (tertiary/aromatic N) is 3. The number of ketones is 1. The van der Waals surface area contributed by atoms with E-state index in [1.165, 1.54) is 0 Å². The van der Waals surface area contributed by atoms with E-state index in [-0.39, 0.29) is 11.7 Å². The average Bonchev–Trinajstić information content (AvgIpc) is 3.35. The van der Waals surface area contributed by atoms with Crippen molar-refractivity contribution in [2.45, 2.75) is 19.8 Å². The van der Waals surface area contributed by atoms with Gasteiger partial charge in [-0.15, -0.1) is 0 Å². The van der Waals surface area contributed by atoms with Crippen molar-refractivity contribution in [1.29, 1.82) is 0 Å². The van der Waals surface area contributed by atoms with E-state index in [0.29, 0.717) is 5.69 Å². The first-order valence-corrected chi connectivity index (χ1v) is 9.49. The van der Waals surface area contributed by atoms with Crippen molar-refractivity contribution >= 4 is 27.6 Å². The maximum atomic E-state index is 13.0. The molecular formula is C23H19N5O. The van der Waals surface area contributed by atoms with E-state index in [1.54, 1.807) is 12.4 Å². The number of carbonyl (C=O) groups is 1. The van der Waals surface area contributed by atoms with E-state index >= 15 is 0 Å². The minimum Gasteiger partial charge on any atom is -0.300 e. The molecular weight excluding hydrogens is 362 g/mol. The molecule has 1 atom stereocenters. The molecule has 4 aromatic heterocycles. The molecule has 1 aromatic carbocycles. The third kappa shape index (κ3) is 2.99.